The van der Waals surface area contributed by atoms with Crippen LogP contribution in [-0.2, 0) is 5.11 Å². The highest BCUT2D eigenvalue weighted by Gasteiger charge is 1.97. The average molecular weight is 121 g/mol. The Morgan fingerprint density at radius 3 is 2.11 bits per heavy atom. The van der Waals surface area contributed by atoms with Crippen molar-refractivity contribution in [3.05, 3.63) is 35.9 Å². The maximum absolute atomic E-state index is 10.7. The molecule has 1 rings (SSSR count). The fraction of sp³-hybridized carbons (Fsp3) is 0.250. The lowest BCUT2D eigenvalue weighted by Gasteiger charge is -1.98. The average Bonchev–Trinajstić information content (AvgIpc) is 1.90. The van der Waals surface area contributed by atoms with E-state index in [4.69, 9.17) is 0 Å². The summed E-state index contributed by atoms with van der Waals surface area (Å²) in [4.78, 5) is 0. The molecule has 1 nitrogen and oxygen atoms in total. The van der Waals surface area contributed by atoms with E-state index in [9.17, 15) is 5.11 Å². The van der Waals surface area contributed by atoms with Crippen LogP contribution in [0.25, 0.3) is 0 Å². The van der Waals surface area contributed by atoms with Gasteiger partial charge in [0.15, 0.2) is 0 Å². The van der Waals surface area contributed by atoms with Gasteiger partial charge in [-0.05, 0) is 12.5 Å². The topological polar surface area (TPSA) is 19.9 Å². The predicted octanol–water partition coefficient (Wildman–Crippen LogP) is 2.18. The lowest BCUT2D eigenvalue weighted by atomic mass is 10.1. The maximum atomic E-state index is 10.7. The highest BCUT2D eigenvalue weighted by Crippen LogP contribution is 2.09. The van der Waals surface area contributed by atoms with E-state index in [0.29, 0.717) is 0 Å². The van der Waals surface area contributed by atoms with E-state index in [1.165, 1.54) is 0 Å². The van der Waals surface area contributed by atoms with Gasteiger partial charge >= 0.3 is 0 Å². The second-order valence-corrected chi connectivity index (χ2v) is 2.05. The van der Waals surface area contributed by atoms with E-state index in [1.807, 2.05) is 30.3 Å². The van der Waals surface area contributed by atoms with Gasteiger partial charge in [0.05, 0.1) is 0 Å². The molecule has 0 N–H and O–H groups in total. The molecule has 0 unspecified atom stereocenters. The van der Waals surface area contributed by atoms with Crippen LogP contribution in [0.2, 0.25) is 0 Å². The van der Waals surface area contributed by atoms with Crippen LogP contribution in [0.15, 0.2) is 30.3 Å². The molecule has 0 saturated heterocycles. The minimum Gasteiger partial charge on any atom is -0.228 e. The Bertz CT molecular complexity index is 167. The van der Waals surface area contributed by atoms with Gasteiger partial charge in [-0.25, -0.2) is 5.11 Å². The Labute approximate surface area is 55.0 Å². The lowest BCUT2D eigenvalue weighted by molar-refractivity contribution is 0.106. The third kappa shape index (κ3) is 1.54. The molecule has 0 spiro atoms. The highest BCUT2D eigenvalue weighted by atomic mass is 16.3. The number of rotatable bonds is 1. The molecule has 0 aliphatic rings. The van der Waals surface area contributed by atoms with E-state index in [2.05, 4.69) is 0 Å². The van der Waals surface area contributed by atoms with Crippen LogP contribution in [0.1, 0.15) is 18.6 Å². The molecular weight excluding hydrogens is 112 g/mol. The minimum absolute atomic E-state index is 0.591. The summed E-state index contributed by atoms with van der Waals surface area (Å²) in [6.45, 7) is 1.65. The molecule has 0 heterocycles. The van der Waals surface area contributed by atoms with E-state index in [-0.39, 0.29) is 0 Å². The summed E-state index contributed by atoms with van der Waals surface area (Å²) in [6, 6.07) is 9.36. The van der Waals surface area contributed by atoms with E-state index >= 15 is 0 Å². The summed E-state index contributed by atoms with van der Waals surface area (Å²) < 4.78 is 0. The smallest absolute Gasteiger partial charge is 0.115 e. The Balaban J connectivity index is 2.85. The molecule has 0 aliphatic heterocycles. The van der Waals surface area contributed by atoms with Crippen molar-refractivity contribution in [1.82, 2.24) is 0 Å². The van der Waals surface area contributed by atoms with Gasteiger partial charge in [0.2, 0.25) is 0 Å². The molecule has 47 valence electrons. The lowest BCUT2D eigenvalue weighted by Crippen LogP contribution is -1.85. The first-order chi connectivity index (χ1) is 4.30. The van der Waals surface area contributed by atoms with Gasteiger partial charge in [-0.2, -0.15) is 0 Å². The zero-order chi connectivity index (χ0) is 6.69. The summed E-state index contributed by atoms with van der Waals surface area (Å²) in [5, 5.41) is 10.7. The van der Waals surface area contributed by atoms with Crippen molar-refractivity contribution in [3.63, 3.8) is 0 Å². The molecule has 0 aliphatic carbocycles. The van der Waals surface area contributed by atoms with Gasteiger partial charge in [-0.15, -0.1) is 0 Å². The molecule has 1 atom stereocenters. The number of hydrogen-bond acceptors (Lipinski definition) is 0. The fourth-order valence-electron chi connectivity index (χ4n) is 0.724. The summed E-state index contributed by atoms with van der Waals surface area (Å²) in [5.74, 6) is 0. The monoisotopic (exact) mass is 121 g/mol. The zero-order valence-corrected chi connectivity index (χ0v) is 5.37. The van der Waals surface area contributed by atoms with Crippen LogP contribution in [0.5, 0.6) is 0 Å². The largest absolute Gasteiger partial charge is 0.228 e. The van der Waals surface area contributed by atoms with Crippen molar-refractivity contribution >= 4 is 0 Å². The summed E-state index contributed by atoms with van der Waals surface area (Å²) in [6.07, 6.45) is -0.591. The molecule has 0 amide bonds. The predicted molar refractivity (Wildman–Crippen MR) is 35.5 cm³/mol. The molecule has 0 aromatic heterocycles. The molecule has 1 aromatic rings. The van der Waals surface area contributed by atoms with Gasteiger partial charge in [0, 0.05) is 0 Å². The van der Waals surface area contributed by atoms with E-state index in [0.717, 1.165) is 5.56 Å². The molecule has 1 aromatic carbocycles. The van der Waals surface area contributed by atoms with E-state index < -0.39 is 6.10 Å². The van der Waals surface area contributed by atoms with Crippen molar-refractivity contribution in [3.8, 4) is 0 Å². The first kappa shape index (κ1) is 6.30. The molecule has 1 radical (unpaired) electrons. The van der Waals surface area contributed by atoms with Gasteiger partial charge in [-0.3, -0.25) is 0 Å². The normalized spacial score (nSPS) is 13.1. The summed E-state index contributed by atoms with van der Waals surface area (Å²) in [5.41, 5.74) is 0.859. The van der Waals surface area contributed by atoms with Gasteiger partial charge in [-0.1, -0.05) is 30.3 Å². The van der Waals surface area contributed by atoms with Crippen molar-refractivity contribution in [2.45, 2.75) is 13.0 Å². The molecule has 0 saturated carbocycles. The Kier molecular flexibility index (Phi) is 1.85. The molecule has 9 heavy (non-hydrogen) atoms. The van der Waals surface area contributed by atoms with Crippen LogP contribution in [0.3, 0.4) is 0 Å². The second-order valence-electron chi connectivity index (χ2n) is 2.05. The van der Waals surface area contributed by atoms with Crippen molar-refractivity contribution < 1.29 is 5.11 Å². The SMILES string of the molecule is C[C@H]([O])c1ccccc1. The Hall–Kier alpha value is -0.820. The Morgan fingerprint density at radius 1 is 1.22 bits per heavy atom. The van der Waals surface area contributed by atoms with Crippen LogP contribution in [-0.4, -0.2) is 0 Å². The standard InChI is InChI=1S/C8H9O/c1-7(9)8-5-3-2-4-6-8/h2-7H,1H3/t7-/m0/s1. The van der Waals surface area contributed by atoms with Crippen molar-refractivity contribution in [2.24, 2.45) is 0 Å². The number of hydrogen-bond donors (Lipinski definition) is 0. The molecule has 1 heteroatoms. The van der Waals surface area contributed by atoms with Gasteiger partial charge in [0.1, 0.15) is 6.10 Å². The molecule has 0 fully saturated rings. The fourth-order valence-corrected chi connectivity index (χ4v) is 0.724. The molecular formula is C8H9O. The van der Waals surface area contributed by atoms with Crippen molar-refractivity contribution in [1.29, 1.82) is 0 Å². The minimum atomic E-state index is -0.591. The van der Waals surface area contributed by atoms with Crippen LogP contribution in [0, 0.1) is 0 Å². The quantitative estimate of drug-likeness (QED) is 0.542. The third-order valence-electron chi connectivity index (χ3n) is 1.27. The van der Waals surface area contributed by atoms with Crippen LogP contribution in [0.4, 0.5) is 0 Å². The van der Waals surface area contributed by atoms with Gasteiger partial charge in [0.25, 0.3) is 0 Å². The van der Waals surface area contributed by atoms with Crippen LogP contribution < -0.4 is 0 Å². The summed E-state index contributed by atoms with van der Waals surface area (Å²) >= 11 is 0. The van der Waals surface area contributed by atoms with E-state index in [1.54, 1.807) is 6.92 Å². The first-order valence-electron chi connectivity index (χ1n) is 3.01. The maximum Gasteiger partial charge on any atom is 0.115 e. The second kappa shape index (κ2) is 2.65. The first-order valence-corrected chi connectivity index (χ1v) is 3.01. The molecule has 0 bridgehead atoms. The third-order valence-corrected chi connectivity index (χ3v) is 1.27. The highest BCUT2D eigenvalue weighted by molar-refractivity contribution is 5.16. The van der Waals surface area contributed by atoms with Crippen molar-refractivity contribution in [2.75, 3.05) is 0 Å². The van der Waals surface area contributed by atoms with Gasteiger partial charge < -0.3 is 0 Å². The van der Waals surface area contributed by atoms with Crippen LogP contribution >= 0.6 is 0 Å². The number of benzene rings is 1. The zero-order valence-electron chi connectivity index (χ0n) is 5.37. The summed E-state index contributed by atoms with van der Waals surface area (Å²) in [7, 11) is 0. The Morgan fingerprint density at radius 2 is 1.78 bits per heavy atom.